The van der Waals surface area contributed by atoms with Crippen molar-refractivity contribution in [1.82, 2.24) is 5.06 Å². The topological polar surface area (TPSA) is 24.8 Å². The number of hydrogen-bond donors (Lipinski definition) is 0. The van der Waals surface area contributed by atoms with Gasteiger partial charge in [0.1, 0.15) is 0 Å². The number of allylic oxidation sites excluding steroid dienone is 1. The maximum atomic E-state index is 4.95. The van der Waals surface area contributed by atoms with Crippen LogP contribution in [0.2, 0.25) is 0 Å². The van der Waals surface area contributed by atoms with Crippen molar-refractivity contribution in [1.29, 1.82) is 0 Å². The van der Waals surface area contributed by atoms with E-state index in [4.69, 9.17) is 3.66 Å². The van der Waals surface area contributed by atoms with E-state index in [0.29, 0.717) is 6.67 Å². The summed E-state index contributed by atoms with van der Waals surface area (Å²) in [5.41, 5.74) is 0. The number of aliphatic imine (C=N–C) groups is 1. The van der Waals surface area contributed by atoms with Gasteiger partial charge >= 0.3 is 57.5 Å². The molecule has 1 rings (SSSR count). The Hall–Kier alpha value is -0.207. The molecule has 0 radical (unpaired) electrons. The molecule has 0 amide bonds. The van der Waals surface area contributed by atoms with Crippen molar-refractivity contribution in [2.75, 3.05) is 6.67 Å². The van der Waals surface area contributed by atoms with Gasteiger partial charge in [0, 0.05) is 0 Å². The predicted octanol–water partition coefficient (Wildman–Crippen LogP) is 0.237. The van der Waals surface area contributed by atoms with Gasteiger partial charge in [-0.1, -0.05) is 0 Å². The minimum absolute atomic E-state index is 0.635. The molecule has 3 nitrogen and oxygen atoms in total. The first-order valence-corrected chi connectivity index (χ1v) is 3.50. The minimum atomic E-state index is 0.635. The summed E-state index contributed by atoms with van der Waals surface area (Å²) in [4.78, 5) is 3.94. The molecule has 0 aliphatic carbocycles. The summed E-state index contributed by atoms with van der Waals surface area (Å²) in [6, 6.07) is 0. The van der Waals surface area contributed by atoms with E-state index in [0.717, 1.165) is 18.7 Å². The van der Waals surface area contributed by atoms with Gasteiger partial charge in [-0.3, -0.25) is 0 Å². The molecule has 0 aromatic carbocycles. The molecular formula is C4H5N2OZn. The van der Waals surface area contributed by atoms with E-state index in [9.17, 15) is 0 Å². The molecular weight excluding hydrogens is 157 g/mol. The van der Waals surface area contributed by atoms with Crippen LogP contribution in [0.15, 0.2) is 17.3 Å². The molecule has 0 unspecified atom stereocenters. The summed E-state index contributed by atoms with van der Waals surface area (Å²) in [5, 5.41) is 1.69. The van der Waals surface area contributed by atoms with Crippen LogP contribution in [0.25, 0.3) is 0 Å². The van der Waals surface area contributed by atoms with Crippen molar-refractivity contribution in [3.05, 3.63) is 12.3 Å². The normalized spacial score (nSPS) is 17.5. The zero-order chi connectivity index (χ0) is 5.82. The third kappa shape index (κ3) is 1.39. The molecule has 0 N–H and O–H groups in total. The molecule has 4 heteroatoms. The second-order valence-corrected chi connectivity index (χ2v) is 1.90. The van der Waals surface area contributed by atoms with Crippen molar-refractivity contribution in [2.24, 2.45) is 4.99 Å². The summed E-state index contributed by atoms with van der Waals surface area (Å²) >= 11 is 0.819. The van der Waals surface area contributed by atoms with E-state index >= 15 is 0 Å². The molecule has 0 fully saturated rings. The molecule has 39 valence electrons. The molecule has 0 aromatic rings. The van der Waals surface area contributed by atoms with Gasteiger partial charge in [-0.05, 0) is 0 Å². The molecule has 0 atom stereocenters. The molecule has 0 spiro atoms. The number of nitrogens with zero attached hydrogens (tertiary/aromatic N) is 2. The maximum absolute atomic E-state index is 4.95. The number of hydrogen-bond acceptors (Lipinski definition) is 3. The van der Waals surface area contributed by atoms with Gasteiger partial charge in [0.25, 0.3) is 0 Å². The molecule has 0 saturated carbocycles. The first-order chi connectivity index (χ1) is 3.93. The Morgan fingerprint density at radius 3 is 3.00 bits per heavy atom. The van der Waals surface area contributed by atoms with Crippen LogP contribution in [0.3, 0.4) is 0 Å². The Bertz CT molecular complexity index is 123. The fourth-order valence-corrected chi connectivity index (χ4v) is 0.806. The first-order valence-electron chi connectivity index (χ1n) is 2.29. The average Bonchev–Trinajstić information content (AvgIpc) is 1.90. The van der Waals surface area contributed by atoms with Crippen LogP contribution < -0.4 is 0 Å². The van der Waals surface area contributed by atoms with Gasteiger partial charge in [0.2, 0.25) is 0 Å². The van der Waals surface area contributed by atoms with Crippen molar-refractivity contribution in [3.8, 4) is 0 Å². The van der Waals surface area contributed by atoms with E-state index < -0.39 is 0 Å². The predicted molar refractivity (Wildman–Crippen MR) is 25.4 cm³/mol. The van der Waals surface area contributed by atoms with Crippen LogP contribution in [0.4, 0.5) is 0 Å². The standard InChI is InChI=1S/C4H5N2O.Zn/c7-6-3-1-2-5-4-6;/h1-3H,4H2;/q-1;+1. The Labute approximate surface area is 58.1 Å². The van der Waals surface area contributed by atoms with Crippen LogP contribution in [-0.2, 0) is 22.3 Å². The fraction of sp³-hybridized carbons (Fsp3) is 0.250. The third-order valence-electron chi connectivity index (χ3n) is 0.831. The first kappa shape index (κ1) is 5.92. The summed E-state index contributed by atoms with van der Waals surface area (Å²) in [5.74, 6) is 0. The summed E-state index contributed by atoms with van der Waals surface area (Å²) in [7, 11) is 0. The SMILES string of the molecule is [Zn][O]N1C=CC=NC1. The van der Waals surface area contributed by atoms with E-state index in [1.165, 1.54) is 0 Å². The zero-order valence-electron chi connectivity index (χ0n) is 4.45. The Kier molecular flexibility index (Phi) is 2.18. The van der Waals surface area contributed by atoms with E-state index in [1.54, 1.807) is 11.3 Å². The van der Waals surface area contributed by atoms with Crippen LogP contribution >= 0.6 is 0 Å². The van der Waals surface area contributed by atoms with E-state index in [1.807, 2.05) is 12.3 Å². The average molecular weight is 162 g/mol. The van der Waals surface area contributed by atoms with E-state index in [2.05, 4.69) is 4.99 Å². The van der Waals surface area contributed by atoms with Gasteiger partial charge in [-0.15, -0.1) is 0 Å². The number of rotatable bonds is 1. The molecule has 0 saturated heterocycles. The second kappa shape index (κ2) is 2.95. The molecule has 8 heavy (non-hydrogen) atoms. The van der Waals surface area contributed by atoms with Crippen molar-refractivity contribution in [2.45, 2.75) is 0 Å². The molecule has 1 aliphatic heterocycles. The molecule has 1 aliphatic rings. The van der Waals surface area contributed by atoms with Gasteiger partial charge in [0.15, 0.2) is 0 Å². The quantitative estimate of drug-likeness (QED) is 0.516. The van der Waals surface area contributed by atoms with Crippen LogP contribution in [0.5, 0.6) is 0 Å². The van der Waals surface area contributed by atoms with Crippen molar-refractivity contribution in [3.63, 3.8) is 0 Å². The summed E-state index contributed by atoms with van der Waals surface area (Å²) in [6.45, 7) is 0.635. The van der Waals surface area contributed by atoms with Crippen molar-refractivity contribution < 1.29 is 22.3 Å². The van der Waals surface area contributed by atoms with Gasteiger partial charge in [-0.2, -0.15) is 0 Å². The van der Waals surface area contributed by atoms with E-state index in [-0.39, 0.29) is 0 Å². The second-order valence-electron chi connectivity index (χ2n) is 1.36. The molecule has 1 heterocycles. The van der Waals surface area contributed by atoms with Crippen molar-refractivity contribution >= 4 is 6.21 Å². The fourth-order valence-electron chi connectivity index (χ4n) is 0.454. The molecule has 0 aromatic heterocycles. The van der Waals surface area contributed by atoms with Gasteiger partial charge in [-0.25, -0.2) is 0 Å². The Morgan fingerprint density at radius 1 is 1.75 bits per heavy atom. The monoisotopic (exact) mass is 161 g/mol. The zero-order valence-corrected chi connectivity index (χ0v) is 7.42. The molecule has 0 bridgehead atoms. The van der Waals surface area contributed by atoms with Gasteiger partial charge in [0.05, 0.1) is 0 Å². The Balaban J connectivity index is 2.40. The third-order valence-corrected chi connectivity index (χ3v) is 1.53. The van der Waals surface area contributed by atoms with Crippen LogP contribution in [0.1, 0.15) is 0 Å². The number of hydroxylamine groups is 2. The Morgan fingerprint density at radius 2 is 2.62 bits per heavy atom. The summed E-state index contributed by atoms with van der Waals surface area (Å²) < 4.78 is 4.95. The van der Waals surface area contributed by atoms with Crippen LogP contribution in [-0.4, -0.2) is 17.9 Å². The van der Waals surface area contributed by atoms with Crippen LogP contribution in [0, 0.1) is 0 Å². The summed E-state index contributed by atoms with van der Waals surface area (Å²) in [6.07, 6.45) is 5.46. The van der Waals surface area contributed by atoms with Gasteiger partial charge < -0.3 is 0 Å².